The SMILES string of the molecule is O=C(NCCN1CCN(c2cccc3nc(-c4ccccc4)oc23)CC1)c1ccc(F)cc1. The number of carbonyl (C=O) groups excluding carboxylic acids is 1. The van der Waals surface area contributed by atoms with Gasteiger partial charge in [0.2, 0.25) is 5.89 Å². The third-order valence-electron chi connectivity index (χ3n) is 5.95. The van der Waals surface area contributed by atoms with Gasteiger partial charge >= 0.3 is 0 Å². The zero-order valence-electron chi connectivity index (χ0n) is 18.2. The van der Waals surface area contributed by atoms with Gasteiger partial charge in [0, 0.05) is 50.4 Å². The van der Waals surface area contributed by atoms with Gasteiger partial charge in [0.25, 0.3) is 5.91 Å². The van der Waals surface area contributed by atoms with Crippen LogP contribution < -0.4 is 10.2 Å². The molecular formula is C26H25FN4O2. The first kappa shape index (κ1) is 21.2. The van der Waals surface area contributed by atoms with E-state index < -0.39 is 0 Å². The Kier molecular flexibility index (Phi) is 6.04. The van der Waals surface area contributed by atoms with Crippen molar-refractivity contribution in [3.05, 3.63) is 84.2 Å². The smallest absolute Gasteiger partial charge is 0.251 e. The maximum atomic E-state index is 13.0. The maximum absolute atomic E-state index is 13.0. The predicted octanol–water partition coefficient (Wildman–Crippen LogP) is 4.19. The minimum Gasteiger partial charge on any atom is -0.434 e. The fourth-order valence-electron chi connectivity index (χ4n) is 4.13. The van der Waals surface area contributed by atoms with Gasteiger partial charge < -0.3 is 14.6 Å². The van der Waals surface area contributed by atoms with Gasteiger partial charge in [0.05, 0.1) is 5.69 Å². The van der Waals surface area contributed by atoms with Crippen molar-refractivity contribution in [1.29, 1.82) is 0 Å². The quantitative estimate of drug-likeness (QED) is 0.483. The van der Waals surface area contributed by atoms with Crippen molar-refractivity contribution in [2.24, 2.45) is 0 Å². The summed E-state index contributed by atoms with van der Waals surface area (Å²) in [6.45, 7) is 4.84. The first-order chi connectivity index (χ1) is 16.2. The molecule has 1 fully saturated rings. The number of fused-ring (bicyclic) bond motifs is 1. The largest absolute Gasteiger partial charge is 0.434 e. The highest BCUT2D eigenvalue weighted by atomic mass is 19.1. The Morgan fingerprint density at radius 1 is 0.939 bits per heavy atom. The molecule has 168 valence electrons. The standard InChI is InChI=1S/C26H25FN4O2/c27-21-11-9-19(10-12-21)25(32)28-13-14-30-15-17-31(18-16-30)23-8-4-7-22-24(23)33-26(29-22)20-5-2-1-3-6-20/h1-12H,13-18H2,(H,28,32). The summed E-state index contributed by atoms with van der Waals surface area (Å²) in [7, 11) is 0. The number of piperazine rings is 1. The molecule has 5 rings (SSSR count). The van der Waals surface area contributed by atoms with Crippen LogP contribution >= 0.6 is 0 Å². The van der Waals surface area contributed by atoms with Crippen LogP contribution in [-0.4, -0.2) is 55.1 Å². The normalized spacial score (nSPS) is 14.5. The minimum absolute atomic E-state index is 0.181. The highest BCUT2D eigenvalue weighted by molar-refractivity contribution is 5.94. The van der Waals surface area contributed by atoms with Crippen molar-refractivity contribution in [2.45, 2.75) is 0 Å². The van der Waals surface area contributed by atoms with Crippen LogP contribution in [0.3, 0.4) is 0 Å². The van der Waals surface area contributed by atoms with E-state index in [2.05, 4.69) is 26.2 Å². The van der Waals surface area contributed by atoms with E-state index in [1.54, 1.807) is 0 Å². The zero-order chi connectivity index (χ0) is 22.6. The second-order valence-electron chi connectivity index (χ2n) is 8.10. The highest BCUT2D eigenvalue weighted by Crippen LogP contribution is 2.31. The maximum Gasteiger partial charge on any atom is 0.251 e. The van der Waals surface area contributed by atoms with Crippen molar-refractivity contribution in [1.82, 2.24) is 15.2 Å². The average Bonchev–Trinajstić information content (AvgIpc) is 3.30. The van der Waals surface area contributed by atoms with E-state index in [0.717, 1.165) is 55.1 Å². The number of benzene rings is 3. The van der Waals surface area contributed by atoms with Gasteiger partial charge in [0.15, 0.2) is 5.58 Å². The monoisotopic (exact) mass is 444 g/mol. The van der Waals surface area contributed by atoms with E-state index in [1.807, 2.05) is 42.5 Å². The third-order valence-corrected chi connectivity index (χ3v) is 5.95. The molecule has 1 aliphatic rings. The van der Waals surface area contributed by atoms with Gasteiger partial charge in [-0.05, 0) is 48.5 Å². The van der Waals surface area contributed by atoms with Crippen LogP contribution in [0, 0.1) is 5.82 Å². The molecule has 6 nitrogen and oxygen atoms in total. The van der Waals surface area contributed by atoms with Crippen molar-refractivity contribution >= 4 is 22.7 Å². The second kappa shape index (κ2) is 9.42. The molecule has 7 heteroatoms. The van der Waals surface area contributed by atoms with E-state index in [1.165, 1.54) is 24.3 Å². The fraction of sp³-hybridized carbons (Fsp3) is 0.231. The first-order valence-electron chi connectivity index (χ1n) is 11.1. The molecule has 0 aliphatic carbocycles. The summed E-state index contributed by atoms with van der Waals surface area (Å²) in [6.07, 6.45) is 0. The lowest BCUT2D eigenvalue weighted by atomic mass is 10.2. The van der Waals surface area contributed by atoms with Crippen molar-refractivity contribution in [3.63, 3.8) is 0 Å². The minimum atomic E-state index is -0.346. The number of para-hydroxylation sites is 1. The molecule has 1 N–H and O–H groups in total. The van der Waals surface area contributed by atoms with Crippen LogP contribution in [0.5, 0.6) is 0 Å². The fourth-order valence-corrected chi connectivity index (χ4v) is 4.13. The molecule has 0 radical (unpaired) electrons. The molecule has 0 unspecified atom stereocenters. The lowest BCUT2D eigenvalue weighted by Crippen LogP contribution is -2.48. The Morgan fingerprint density at radius 3 is 2.45 bits per heavy atom. The number of rotatable bonds is 6. The molecule has 1 aliphatic heterocycles. The molecule has 4 aromatic rings. The Labute approximate surface area is 191 Å². The van der Waals surface area contributed by atoms with E-state index in [9.17, 15) is 9.18 Å². The molecule has 1 aromatic heterocycles. The van der Waals surface area contributed by atoms with Crippen molar-refractivity contribution < 1.29 is 13.6 Å². The summed E-state index contributed by atoms with van der Waals surface area (Å²) in [6, 6.07) is 21.6. The summed E-state index contributed by atoms with van der Waals surface area (Å²) in [5.74, 6) is 0.107. The van der Waals surface area contributed by atoms with Gasteiger partial charge in [-0.3, -0.25) is 9.69 Å². The lowest BCUT2D eigenvalue weighted by Gasteiger charge is -2.36. The number of nitrogens with zero attached hydrogens (tertiary/aromatic N) is 3. The number of oxazole rings is 1. The Bertz CT molecular complexity index is 1230. The topological polar surface area (TPSA) is 61.6 Å². The molecular weight excluding hydrogens is 419 g/mol. The van der Waals surface area contributed by atoms with E-state index >= 15 is 0 Å². The Hall–Kier alpha value is -3.71. The zero-order valence-corrected chi connectivity index (χ0v) is 18.2. The number of halogens is 1. The number of hydrogen-bond acceptors (Lipinski definition) is 5. The summed E-state index contributed by atoms with van der Waals surface area (Å²) >= 11 is 0. The molecule has 1 amide bonds. The van der Waals surface area contributed by atoms with Crippen LogP contribution in [0.2, 0.25) is 0 Å². The summed E-state index contributed by atoms with van der Waals surface area (Å²) in [5, 5.41) is 2.91. The number of nitrogens with one attached hydrogen (secondary N) is 1. The molecule has 3 aromatic carbocycles. The van der Waals surface area contributed by atoms with E-state index in [4.69, 9.17) is 4.42 Å². The lowest BCUT2D eigenvalue weighted by molar-refractivity contribution is 0.0947. The molecule has 0 saturated carbocycles. The summed E-state index contributed by atoms with van der Waals surface area (Å²) in [5.41, 5.74) is 4.17. The predicted molar refractivity (Wildman–Crippen MR) is 127 cm³/mol. The van der Waals surface area contributed by atoms with Gasteiger partial charge in [-0.1, -0.05) is 24.3 Å². The number of anilines is 1. The molecule has 0 atom stereocenters. The Morgan fingerprint density at radius 2 is 1.70 bits per heavy atom. The molecule has 0 spiro atoms. The van der Waals surface area contributed by atoms with Crippen molar-refractivity contribution in [2.75, 3.05) is 44.2 Å². The van der Waals surface area contributed by atoms with Crippen LogP contribution in [0.25, 0.3) is 22.6 Å². The Balaban J connectivity index is 1.18. The van der Waals surface area contributed by atoms with E-state index in [0.29, 0.717) is 18.0 Å². The molecule has 2 heterocycles. The molecule has 0 bridgehead atoms. The van der Waals surface area contributed by atoms with Crippen molar-refractivity contribution in [3.8, 4) is 11.5 Å². The van der Waals surface area contributed by atoms with Gasteiger partial charge in [-0.15, -0.1) is 0 Å². The average molecular weight is 445 g/mol. The molecule has 1 saturated heterocycles. The van der Waals surface area contributed by atoms with Crippen LogP contribution in [0.4, 0.5) is 10.1 Å². The number of aromatic nitrogens is 1. The third kappa shape index (κ3) is 4.73. The van der Waals surface area contributed by atoms with Crippen LogP contribution in [-0.2, 0) is 0 Å². The summed E-state index contributed by atoms with van der Waals surface area (Å²) in [4.78, 5) is 21.5. The number of carbonyl (C=O) groups is 1. The second-order valence-corrected chi connectivity index (χ2v) is 8.10. The van der Waals surface area contributed by atoms with Crippen LogP contribution in [0.1, 0.15) is 10.4 Å². The van der Waals surface area contributed by atoms with Gasteiger partial charge in [-0.2, -0.15) is 0 Å². The number of amides is 1. The van der Waals surface area contributed by atoms with Gasteiger partial charge in [0.1, 0.15) is 11.3 Å². The molecule has 33 heavy (non-hydrogen) atoms. The first-order valence-corrected chi connectivity index (χ1v) is 11.1. The highest BCUT2D eigenvalue weighted by Gasteiger charge is 2.21. The van der Waals surface area contributed by atoms with Crippen LogP contribution in [0.15, 0.2) is 77.2 Å². The summed E-state index contributed by atoms with van der Waals surface area (Å²) < 4.78 is 19.2. The van der Waals surface area contributed by atoms with Gasteiger partial charge in [-0.25, -0.2) is 9.37 Å². The van der Waals surface area contributed by atoms with E-state index in [-0.39, 0.29) is 11.7 Å². The number of hydrogen-bond donors (Lipinski definition) is 1.